The zero-order valence-corrected chi connectivity index (χ0v) is 16.9. The number of carbonyl (C=O) groups excluding carboxylic acids is 2. The molecule has 0 fully saturated rings. The topological polar surface area (TPSA) is 73.9 Å². The second-order valence-corrected chi connectivity index (χ2v) is 7.01. The van der Waals surface area contributed by atoms with Crippen LogP contribution < -0.4 is 14.8 Å². The van der Waals surface area contributed by atoms with E-state index in [2.05, 4.69) is 5.32 Å². The van der Waals surface area contributed by atoms with E-state index in [9.17, 15) is 9.59 Å². The van der Waals surface area contributed by atoms with Crippen LogP contribution >= 0.6 is 0 Å². The number of esters is 1. The van der Waals surface area contributed by atoms with Crippen molar-refractivity contribution in [3.8, 4) is 11.5 Å². The first-order valence-electron chi connectivity index (χ1n) is 9.64. The zero-order valence-electron chi connectivity index (χ0n) is 16.9. The quantitative estimate of drug-likeness (QED) is 0.754. The highest BCUT2D eigenvalue weighted by Crippen LogP contribution is 2.46. The van der Waals surface area contributed by atoms with Gasteiger partial charge in [0.05, 0.1) is 32.3 Å². The minimum atomic E-state index is -0.543. The van der Waals surface area contributed by atoms with Gasteiger partial charge in [0.2, 0.25) is 0 Å². The molecule has 1 atom stereocenters. The van der Waals surface area contributed by atoms with E-state index in [1.54, 1.807) is 26.4 Å². The largest absolute Gasteiger partial charge is 0.497 e. The van der Waals surface area contributed by atoms with Gasteiger partial charge in [0.15, 0.2) is 5.78 Å². The van der Waals surface area contributed by atoms with Gasteiger partial charge >= 0.3 is 5.97 Å². The number of rotatable bonds is 6. The van der Waals surface area contributed by atoms with Crippen LogP contribution in [0.3, 0.4) is 0 Å². The normalized spacial score (nSPS) is 19.1. The van der Waals surface area contributed by atoms with Crippen molar-refractivity contribution < 1.29 is 23.8 Å². The minimum Gasteiger partial charge on any atom is -0.497 e. The molecule has 0 saturated heterocycles. The van der Waals surface area contributed by atoms with Gasteiger partial charge in [-0.1, -0.05) is 6.92 Å². The van der Waals surface area contributed by atoms with Crippen molar-refractivity contribution in [3.05, 3.63) is 46.3 Å². The molecule has 0 amide bonds. The van der Waals surface area contributed by atoms with E-state index in [0.29, 0.717) is 41.4 Å². The maximum Gasteiger partial charge on any atom is 0.336 e. The summed E-state index contributed by atoms with van der Waals surface area (Å²) in [5.41, 5.74) is 3.41. The Bertz CT molecular complexity index is 852. The van der Waals surface area contributed by atoms with Crippen molar-refractivity contribution in [2.24, 2.45) is 0 Å². The molecule has 3 rings (SSSR count). The van der Waals surface area contributed by atoms with Crippen LogP contribution in [-0.2, 0) is 14.3 Å². The van der Waals surface area contributed by atoms with Crippen LogP contribution in [-0.4, -0.2) is 32.6 Å². The number of Topliss-reactive ketones (excluding diaryl/α,β-unsaturated/α-hetero) is 1. The summed E-state index contributed by atoms with van der Waals surface area (Å²) in [5, 5.41) is 3.29. The third kappa shape index (κ3) is 3.63. The molecule has 0 radical (unpaired) electrons. The van der Waals surface area contributed by atoms with Crippen LogP contribution in [0.15, 0.2) is 40.7 Å². The molecule has 1 aromatic carbocycles. The smallest absolute Gasteiger partial charge is 0.336 e. The lowest BCUT2D eigenvalue weighted by Crippen LogP contribution is -2.34. The van der Waals surface area contributed by atoms with E-state index in [1.807, 2.05) is 19.9 Å². The Hall–Kier alpha value is -2.76. The van der Waals surface area contributed by atoms with Crippen LogP contribution in [0.25, 0.3) is 0 Å². The second kappa shape index (κ2) is 8.50. The molecule has 0 bridgehead atoms. The monoisotopic (exact) mass is 385 g/mol. The lowest BCUT2D eigenvalue weighted by molar-refractivity contribution is -0.139. The Morgan fingerprint density at radius 3 is 2.68 bits per heavy atom. The molecule has 0 spiro atoms. The van der Waals surface area contributed by atoms with Crippen LogP contribution in [0.4, 0.5) is 0 Å². The second-order valence-electron chi connectivity index (χ2n) is 7.01. The lowest BCUT2D eigenvalue weighted by Gasteiger charge is -2.34. The number of nitrogens with one attached hydrogen (secondary N) is 1. The number of allylic oxidation sites excluding steroid dienone is 3. The van der Waals surface area contributed by atoms with Crippen molar-refractivity contribution in [1.29, 1.82) is 0 Å². The molecule has 1 aliphatic heterocycles. The number of hydrogen-bond donors (Lipinski definition) is 1. The Kier molecular flexibility index (Phi) is 6.07. The Morgan fingerprint density at radius 1 is 1.21 bits per heavy atom. The van der Waals surface area contributed by atoms with Gasteiger partial charge in [-0.3, -0.25) is 4.79 Å². The maximum absolute atomic E-state index is 13.0. The number of benzene rings is 1. The van der Waals surface area contributed by atoms with Crippen LogP contribution in [0.5, 0.6) is 11.5 Å². The standard InChI is InChI=1S/C22H27NO5/c1-5-11-28-22(25)19-13(2)23-16-7-6-8-17(24)21(16)20(19)15-12-14(26-3)9-10-18(15)27-4/h9-10,12,20,23H,5-8,11H2,1-4H3/t20-/m1/s1. The van der Waals surface area contributed by atoms with Crippen molar-refractivity contribution >= 4 is 11.8 Å². The zero-order chi connectivity index (χ0) is 20.3. The number of ketones is 1. The van der Waals surface area contributed by atoms with Gasteiger partial charge in [-0.15, -0.1) is 0 Å². The van der Waals surface area contributed by atoms with Gasteiger partial charge in [-0.2, -0.15) is 0 Å². The van der Waals surface area contributed by atoms with Gasteiger partial charge < -0.3 is 19.5 Å². The first-order chi connectivity index (χ1) is 13.5. The summed E-state index contributed by atoms with van der Waals surface area (Å²) >= 11 is 0. The summed E-state index contributed by atoms with van der Waals surface area (Å²) in [6, 6.07) is 5.43. The van der Waals surface area contributed by atoms with Crippen LogP contribution in [0, 0.1) is 0 Å². The Morgan fingerprint density at radius 2 is 2.00 bits per heavy atom. The highest BCUT2D eigenvalue weighted by molar-refractivity contribution is 6.04. The van der Waals surface area contributed by atoms with Gasteiger partial charge in [-0.05, 0) is 44.4 Å². The first-order valence-corrected chi connectivity index (χ1v) is 9.64. The number of methoxy groups -OCH3 is 2. The molecule has 2 aliphatic rings. The van der Waals surface area contributed by atoms with E-state index in [1.165, 1.54) is 0 Å². The minimum absolute atomic E-state index is 0.0527. The Labute approximate surface area is 165 Å². The molecule has 0 saturated carbocycles. The Balaban J connectivity index is 2.20. The fraction of sp³-hybridized carbons (Fsp3) is 0.455. The highest BCUT2D eigenvalue weighted by atomic mass is 16.5. The molecule has 1 N–H and O–H groups in total. The number of ether oxygens (including phenoxy) is 3. The van der Waals surface area contributed by atoms with Gasteiger partial charge in [0.1, 0.15) is 11.5 Å². The van der Waals surface area contributed by atoms with Gasteiger partial charge in [0, 0.05) is 29.0 Å². The predicted molar refractivity (Wildman–Crippen MR) is 105 cm³/mol. The molecule has 1 heterocycles. The summed E-state index contributed by atoms with van der Waals surface area (Å²) in [5.74, 6) is 0.340. The van der Waals surface area contributed by atoms with Crippen molar-refractivity contribution in [1.82, 2.24) is 5.32 Å². The van der Waals surface area contributed by atoms with E-state index in [0.717, 1.165) is 30.5 Å². The molecule has 150 valence electrons. The summed E-state index contributed by atoms with van der Waals surface area (Å²) in [4.78, 5) is 25.9. The van der Waals surface area contributed by atoms with Gasteiger partial charge in [0.25, 0.3) is 0 Å². The molecule has 0 unspecified atom stereocenters. The number of dihydropyridines is 1. The highest BCUT2D eigenvalue weighted by Gasteiger charge is 2.40. The van der Waals surface area contributed by atoms with E-state index < -0.39 is 11.9 Å². The predicted octanol–water partition coefficient (Wildman–Crippen LogP) is 3.62. The van der Waals surface area contributed by atoms with Crippen molar-refractivity contribution in [2.45, 2.75) is 45.4 Å². The van der Waals surface area contributed by atoms with Crippen LogP contribution in [0.2, 0.25) is 0 Å². The molecule has 6 nitrogen and oxygen atoms in total. The fourth-order valence-corrected chi connectivity index (χ4v) is 3.90. The average Bonchev–Trinajstić information content (AvgIpc) is 2.70. The van der Waals surface area contributed by atoms with Crippen molar-refractivity contribution in [3.63, 3.8) is 0 Å². The lowest BCUT2D eigenvalue weighted by atomic mass is 9.75. The number of carbonyl (C=O) groups is 2. The number of hydrogen-bond acceptors (Lipinski definition) is 6. The summed E-state index contributed by atoms with van der Waals surface area (Å²) in [6.45, 7) is 4.13. The molecule has 1 aliphatic carbocycles. The molecule has 6 heteroatoms. The summed E-state index contributed by atoms with van der Waals surface area (Å²) in [6.07, 6.45) is 2.78. The molecule has 0 aromatic heterocycles. The van der Waals surface area contributed by atoms with Crippen molar-refractivity contribution in [2.75, 3.05) is 20.8 Å². The third-order valence-corrected chi connectivity index (χ3v) is 5.18. The van der Waals surface area contributed by atoms with E-state index in [-0.39, 0.29) is 5.78 Å². The molecular weight excluding hydrogens is 358 g/mol. The van der Waals surface area contributed by atoms with E-state index >= 15 is 0 Å². The average molecular weight is 385 g/mol. The third-order valence-electron chi connectivity index (χ3n) is 5.18. The molecular formula is C22H27NO5. The SMILES string of the molecule is CCCOC(=O)C1=C(C)NC2=C(C(=O)CCC2)[C@@H]1c1cc(OC)ccc1OC. The molecule has 28 heavy (non-hydrogen) atoms. The fourth-order valence-electron chi connectivity index (χ4n) is 3.90. The summed E-state index contributed by atoms with van der Waals surface area (Å²) < 4.78 is 16.4. The maximum atomic E-state index is 13.0. The van der Waals surface area contributed by atoms with Gasteiger partial charge in [-0.25, -0.2) is 4.79 Å². The van der Waals surface area contributed by atoms with E-state index in [4.69, 9.17) is 14.2 Å². The summed E-state index contributed by atoms with van der Waals surface area (Å²) in [7, 11) is 3.16. The molecule has 1 aromatic rings. The van der Waals surface area contributed by atoms with Crippen LogP contribution in [0.1, 0.15) is 51.0 Å². The first kappa shape index (κ1) is 20.0.